The third-order valence-corrected chi connectivity index (χ3v) is 4.43. The molecular formula is C20H14ClN3O4. The number of hydrogen-bond acceptors (Lipinski definition) is 5. The Bertz CT molecular complexity index is 1060. The van der Waals surface area contributed by atoms with Crippen LogP contribution in [0.1, 0.15) is 11.1 Å². The van der Waals surface area contributed by atoms with Crippen LogP contribution in [0, 0.1) is 18.3 Å². The summed E-state index contributed by atoms with van der Waals surface area (Å²) < 4.78 is 5.31. The van der Waals surface area contributed by atoms with Gasteiger partial charge in [-0.3, -0.25) is 14.9 Å². The third kappa shape index (κ3) is 3.72. The minimum absolute atomic E-state index is 0.188. The number of nitrogens with zero attached hydrogens (tertiary/aromatic N) is 2. The molecule has 140 valence electrons. The largest absolute Gasteiger partial charge is 0.478 e. The van der Waals surface area contributed by atoms with Crippen LogP contribution in [0.2, 0.25) is 5.02 Å². The highest BCUT2D eigenvalue weighted by atomic mass is 35.5. The summed E-state index contributed by atoms with van der Waals surface area (Å²) in [5, 5.41) is 11.2. The van der Waals surface area contributed by atoms with Crippen LogP contribution >= 0.6 is 11.6 Å². The second-order valence-electron chi connectivity index (χ2n) is 5.88. The van der Waals surface area contributed by atoms with Crippen molar-refractivity contribution in [2.45, 2.75) is 6.92 Å². The van der Waals surface area contributed by atoms with E-state index in [0.29, 0.717) is 16.3 Å². The van der Waals surface area contributed by atoms with E-state index in [9.17, 15) is 14.4 Å². The van der Waals surface area contributed by atoms with Crippen LogP contribution in [0.4, 0.5) is 10.5 Å². The predicted octanol–water partition coefficient (Wildman–Crippen LogP) is 3.22. The molecule has 0 unspecified atom stereocenters. The van der Waals surface area contributed by atoms with E-state index >= 15 is 0 Å². The number of carbonyl (C=O) groups is 3. The minimum Gasteiger partial charge on any atom is -0.478 e. The van der Waals surface area contributed by atoms with Gasteiger partial charge in [0.2, 0.25) is 0 Å². The van der Waals surface area contributed by atoms with Gasteiger partial charge in [0.25, 0.3) is 11.8 Å². The Balaban J connectivity index is 2.02. The average Bonchev–Trinajstić information content (AvgIpc) is 2.67. The van der Waals surface area contributed by atoms with Gasteiger partial charge in [-0.2, -0.15) is 5.26 Å². The summed E-state index contributed by atoms with van der Waals surface area (Å²) in [5.74, 6) is -1.28. The summed E-state index contributed by atoms with van der Waals surface area (Å²) in [6.45, 7) is 1.60. The van der Waals surface area contributed by atoms with Crippen molar-refractivity contribution < 1.29 is 19.1 Å². The first-order chi connectivity index (χ1) is 13.4. The van der Waals surface area contributed by atoms with E-state index in [4.69, 9.17) is 21.6 Å². The van der Waals surface area contributed by atoms with E-state index < -0.39 is 17.8 Å². The zero-order chi connectivity index (χ0) is 20.3. The monoisotopic (exact) mass is 395 g/mol. The first-order valence-electron chi connectivity index (χ1n) is 8.18. The van der Waals surface area contributed by atoms with Gasteiger partial charge in [0.1, 0.15) is 17.4 Å². The van der Waals surface area contributed by atoms with Crippen molar-refractivity contribution in [3.05, 3.63) is 64.2 Å². The maximum Gasteiger partial charge on any atom is 0.335 e. The van der Waals surface area contributed by atoms with Crippen molar-refractivity contribution in [2.75, 3.05) is 11.5 Å². The Morgan fingerprint density at radius 2 is 1.96 bits per heavy atom. The Kier molecular flexibility index (Phi) is 5.43. The van der Waals surface area contributed by atoms with Gasteiger partial charge < -0.3 is 4.74 Å². The smallest absolute Gasteiger partial charge is 0.335 e. The van der Waals surface area contributed by atoms with Crippen molar-refractivity contribution in [3.63, 3.8) is 0 Å². The molecule has 0 radical (unpaired) electrons. The molecule has 0 aliphatic carbocycles. The lowest BCUT2D eigenvalue weighted by Gasteiger charge is -2.26. The van der Waals surface area contributed by atoms with Crippen molar-refractivity contribution in [1.82, 2.24) is 5.32 Å². The number of hydrogen-bond donors (Lipinski definition) is 1. The number of ether oxygens (including phenoxy) is 1. The molecule has 1 aliphatic heterocycles. The van der Waals surface area contributed by atoms with E-state index in [1.807, 2.05) is 6.07 Å². The number of rotatable bonds is 4. The molecular weight excluding hydrogens is 382 g/mol. The summed E-state index contributed by atoms with van der Waals surface area (Å²) in [6.07, 6.45) is 1.32. The zero-order valence-electron chi connectivity index (χ0n) is 14.7. The number of urea groups is 1. The highest BCUT2D eigenvalue weighted by molar-refractivity contribution is 6.39. The molecule has 4 amide bonds. The van der Waals surface area contributed by atoms with Gasteiger partial charge in [0.15, 0.2) is 6.61 Å². The Hall–Kier alpha value is -3.63. The van der Waals surface area contributed by atoms with Gasteiger partial charge in [0, 0.05) is 10.6 Å². The van der Waals surface area contributed by atoms with Gasteiger partial charge in [-0.25, -0.2) is 9.69 Å². The fraction of sp³-hybridized carbons (Fsp3) is 0.100. The molecule has 8 heteroatoms. The normalized spacial score (nSPS) is 15.4. The quantitative estimate of drug-likeness (QED) is 0.633. The average molecular weight is 396 g/mol. The zero-order valence-corrected chi connectivity index (χ0v) is 15.5. The molecule has 1 saturated heterocycles. The van der Waals surface area contributed by atoms with Gasteiger partial charge >= 0.3 is 6.03 Å². The highest BCUT2D eigenvalue weighted by Gasteiger charge is 2.37. The number of halogens is 1. The van der Waals surface area contributed by atoms with E-state index in [2.05, 4.69) is 5.32 Å². The van der Waals surface area contributed by atoms with Crippen LogP contribution in [0.15, 0.2) is 48.0 Å². The van der Waals surface area contributed by atoms with Gasteiger partial charge in [0.05, 0.1) is 5.69 Å². The number of carbonyl (C=O) groups excluding carboxylic acids is 3. The third-order valence-electron chi connectivity index (χ3n) is 4.03. The SMILES string of the molecule is Cc1ccc(N2C(=O)NC(=O)/C(=C/c3ccccc3OCC#N)C2=O)cc1Cl. The summed E-state index contributed by atoms with van der Waals surface area (Å²) in [6, 6.07) is 12.3. The fourth-order valence-electron chi connectivity index (χ4n) is 2.61. The lowest BCUT2D eigenvalue weighted by Crippen LogP contribution is -2.54. The van der Waals surface area contributed by atoms with E-state index in [0.717, 1.165) is 10.5 Å². The van der Waals surface area contributed by atoms with Crippen molar-refractivity contribution in [1.29, 1.82) is 5.26 Å². The second-order valence-corrected chi connectivity index (χ2v) is 6.28. The van der Waals surface area contributed by atoms with Crippen molar-refractivity contribution in [3.8, 4) is 11.8 Å². The maximum absolute atomic E-state index is 12.9. The molecule has 7 nitrogen and oxygen atoms in total. The molecule has 3 rings (SSSR count). The number of aryl methyl sites for hydroxylation is 1. The molecule has 0 saturated carbocycles. The molecule has 0 spiro atoms. The Morgan fingerprint density at radius 3 is 2.68 bits per heavy atom. The van der Waals surface area contributed by atoms with Crippen LogP contribution in [-0.2, 0) is 9.59 Å². The maximum atomic E-state index is 12.9. The lowest BCUT2D eigenvalue weighted by molar-refractivity contribution is -0.122. The number of imide groups is 2. The van der Waals surface area contributed by atoms with Crippen LogP contribution in [0.25, 0.3) is 6.08 Å². The Morgan fingerprint density at radius 1 is 1.21 bits per heavy atom. The van der Waals surface area contributed by atoms with E-state index in [-0.39, 0.29) is 17.9 Å². The van der Waals surface area contributed by atoms with Gasteiger partial charge in [-0.05, 0) is 36.8 Å². The van der Waals surface area contributed by atoms with Crippen molar-refractivity contribution >= 4 is 41.2 Å². The number of nitrogens with one attached hydrogen (secondary N) is 1. The number of anilines is 1. The molecule has 0 aromatic heterocycles. The topological polar surface area (TPSA) is 99.5 Å². The van der Waals surface area contributed by atoms with Gasteiger partial charge in [-0.15, -0.1) is 0 Å². The first kappa shape index (κ1) is 19.1. The number of benzene rings is 2. The van der Waals surface area contributed by atoms with Crippen LogP contribution in [0.3, 0.4) is 0 Å². The first-order valence-corrected chi connectivity index (χ1v) is 8.56. The predicted molar refractivity (Wildman–Crippen MR) is 103 cm³/mol. The summed E-state index contributed by atoms with van der Waals surface area (Å²) in [4.78, 5) is 38.3. The number of barbiturate groups is 1. The molecule has 1 fully saturated rings. The Labute approximate surface area is 165 Å². The number of para-hydroxylation sites is 1. The van der Waals surface area contributed by atoms with E-state index in [1.165, 1.54) is 12.1 Å². The van der Waals surface area contributed by atoms with Crippen molar-refractivity contribution in [2.24, 2.45) is 0 Å². The minimum atomic E-state index is -0.860. The lowest BCUT2D eigenvalue weighted by atomic mass is 10.1. The summed E-state index contributed by atoms with van der Waals surface area (Å²) >= 11 is 6.10. The molecule has 0 bridgehead atoms. The molecule has 1 heterocycles. The summed E-state index contributed by atoms with van der Waals surface area (Å²) in [7, 11) is 0. The van der Waals surface area contributed by atoms with Crippen LogP contribution in [-0.4, -0.2) is 24.5 Å². The van der Waals surface area contributed by atoms with Gasteiger partial charge in [-0.1, -0.05) is 35.9 Å². The van der Waals surface area contributed by atoms with Crippen LogP contribution in [0.5, 0.6) is 5.75 Å². The molecule has 2 aromatic carbocycles. The highest BCUT2D eigenvalue weighted by Crippen LogP contribution is 2.28. The molecule has 1 aliphatic rings. The molecule has 1 N–H and O–H groups in total. The fourth-order valence-corrected chi connectivity index (χ4v) is 2.78. The van der Waals surface area contributed by atoms with E-state index in [1.54, 1.807) is 43.3 Å². The molecule has 28 heavy (non-hydrogen) atoms. The second kappa shape index (κ2) is 7.94. The molecule has 0 atom stereocenters. The standard InChI is InChI=1S/C20H14ClN3O4/c1-12-6-7-14(11-16(12)21)24-19(26)15(18(25)23-20(24)27)10-13-4-2-3-5-17(13)28-9-8-22/h2-7,10-11H,9H2,1H3,(H,23,25,27)/b15-10-. The molecule has 2 aromatic rings. The van der Waals surface area contributed by atoms with Crippen LogP contribution < -0.4 is 15.0 Å². The number of nitriles is 1. The summed E-state index contributed by atoms with van der Waals surface area (Å²) in [5.41, 5.74) is 1.20. The number of amides is 4.